The molecule has 1 heterocycles. The van der Waals surface area contributed by atoms with Crippen LogP contribution in [0, 0.1) is 6.92 Å². The number of nitrogens with zero attached hydrogens (tertiary/aromatic N) is 2. The van der Waals surface area contributed by atoms with Gasteiger partial charge in [0.15, 0.2) is 0 Å². The Morgan fingerprint density at radius 1 is 1.37 bits per heavy atom. The molecule has 2 unspecified atom stereocenters. The molecule has 1 aromatic carbocycles. The third-order valence-electron chi connectivity index (χ3n) is 4.33. The van der Waals surface area contributed by atoms with Crippen molar-refractivity contribution in [1.29, 1.82) is 0 Å². The van der Waals surface area contributed by atoms with Gasteiger partial charge in [0.1, 0.15) is 0 Å². The van der Waals surface area contributed by atoms with Crippen LogP contribution < -0.4 is 5.32 Å². The van der Waals surface area contributed by atoms with Gasteiger partial charge < -0.3 is 10.2 Å². The number of aryl methyl sites for hydroxylation is 1. The third kappa shape index (κ3) is 3.56. The lowest BCUT2D eigenvalue weighted by molar-refractivity contribution is 0.253. The van der Waals surface area contributed by atoms with E-state index >= 15 is 0 Å². The predicted octanol–water partition coefficient (Wildman–Crippen LogP) is 1.89. The molecule has 0 radical (unpaired) electrons. The Hall–Kier alpha value is -0.900. The lowest BCUT2D eigenvalue weighted by Gasteiger charge is -2.26. The fraction of sp³-hybridized carbons (Fsp3) is 0.625. The Kier molecular flexibility index (Phi) is 4.97. The Bertz CT molecular complexity index is 403. The van der Waals surface area contributed by atoms with Gasteiger partial charge in [-0.3, -0.25) is 4.90 Å². The van der Waals surface area contributed by atoms with Crippen LogP contribution >= 0.6 is 0 Å². The monoisotopic (exact) mass is 261 g/mol. The van der Waals surface area contributed by atoms with E-state index in [1.165, 1.54) is 30.6 Å². The molecular weight excluding hydrogens is 234 g/mol. The van der Waals surface area contributed by atoms with E-state index in [0.717, 1.165) is 12.6 Å². The minimum absolute atomic E-state index is 0.433. The van der Waals surface area contributed by atoms with Crippen molar-refractivity contribution in [3.63, 3.8) is 0 Å². The maximum Gasteiger partial charge on any atom is 0.0449 e. The lowest BCUT2D eigenvalue weighted by atomic mass is 10.0. The molecule has 3 nitrogen and oxygen atoms in total. The zero-order valence-corrected chi connectivity index (χ0v) is 12.7. The first-order chi connectivity index (χ1) is 9.11. The van der Waals surface area contributed by atoms with Crippen LogP contribution in [0.25, 0.3) is 0 Å². The molecule has 1 aliphatic rings. The van der Waals surface area contributed by atoms with Crippen LogP contribution in [0.1, 0.15) is 23.6 Å². The molecular formula is C16H27N3. The largest absolute Gasteiger partial charge is 0.312 e. The average molecular weight is 261 g/mol. The van der Waals surface area contributed by atoms with E-state index in [-0.39, 0.29) is 0 Å². The highest BCUT2D eigenvalue weighted by Gasteiger charge is 2.26. The summed E-state index contributed by atoms with van der Waals surface area (Å²) in [6.45, 7) is 5.71. The summed E-state index contributed by atoms with van der Waals surface area (Å²) < 4.78 is 0. The van der Waals surface area contributed by atoms with E-state index < -0.39 is 0 Å². The second-order valence-electron chi connectivity index (χ2n) is 5.86. The van der Waals surface area contributed by atoms with Crippen LogP contribution in [0.5, 0.6) is 0 Å². The van der Waals surface area contributed by atoms with E-state index in [4.69, 9.17) is 0 Å². The molecule has 0 amide bonds. The number of likely N-dealkylation sites (N-methyl/N-ethyl adjacent to an activating group) is 2. The van der Waals surface area contributed by atoms with Gasteiger partial charge in [-0.25, -0.2) is 0 Å². The fourth-order valence-electron chi connectivity index (χ4n) is 2.98. The number of nitrogens with one attached hydrogen (secondary N) is 1. The first kappa shape index (κ1) is 14.5. The highest BCUT2D eigenvalue weighted by molar-refractivity contribution is 5.29. The molecule has 3 heteroatoms. The summed E-state index contributed by atoms with van der Waals surface area (Å²) in [7, 11) is 6.44. The van der Waals surface area contributed by atoms with Crippen molar-refractivity contribution in [2.24, 2.45) is 0 Å². The molecule has 0 aromatic heterocycles. The van der Waals surface area contributed by atoms with Crippen LogP contribution in [0.3, 0.4) is 0 Å². The topological polar surface area (TPSA) is 18.5 Å². The highest BCUT2D eigenvalue weighted by atomic mass is 15.2. The van der Waals surface area contributed by atoms with E-state index in [1.807, 2.05) is 0 Å². The highest BCUT2D eigenvalue weighted by Crippen LogP contribution is 2.21. The summed E-state index contributed by atoms with van der Waals surface area (Å²) >= 11 is 0. The van der Waals surface area contributed by atoms with Gasteiger partial charge in [0.05, 0.1) is 0 Å². The van der Waals surface area contributed by atoms with Gasteiger partial charge in [-0.15, -0.1) is 0 Å². The van der Waals surface area contributed by atoms with Crippen molar-refractivity contribution >= 4 is 0 Å². The van der Waals surface area contributed by atoms with Crippen molar-refractivity contribution in [2.75, 3.05) is 40.8 Å². The van der Waals surface area contributed by atoms with Gasteiger partial charge in [-0.2, -0.15) is 0 Å². The summed E-state index contributed by atoms with van der Waals surface area (Å²) in [5.74, 6) is 0. The van der Waals surface area contributed by atoms with Crippen molar-refractivity contribution < 1.29 is 0 Å². The molecule has 0 aliphatic carbocycles. The number of likely N-dealkylation sites (tertiary alicyclic amines) is 1. The molecule has 2 rings (SSSR count). The van der Waals surface area contributed by atoms with E-state index in [9.17, 15) is 0 Å². The van der Waals surface area contributed by atoms with E-state index in [2.05, 4.69) is 67.4 Å². The second-order valence-corrected chi connectivity index (χ2v) is 5.86. The number of benzene rings is 1. The first-order valence-electron chi connectivity index (χ1n) is 7.23. The SMILES string of the molecule is CNC(CN1CCC(N(C)C)C1)c1ccccc1C. The van der Waals surface area contributed by atoms with Gasteiger partial charge >= 0.3 is 0 Å². The van der Waals surface area contributed by atoms with Crippen LogP contribution in [0.2, 0.25) is 0 Å². The molecule has 2 atom stereocenters. The molecule has 1 aromatic rings. The van der Waals surface area contributed by atoms with E-state index in [1.54, 1.807) is 0 Å². The average Bonchev–Trinajstić information content (AvgIpc) is 2.86. The molecule has 1 N–H and O–H groups in total. The molecule has 0 spiro atoms. The summed E-state index contributed by atoms with van der Waals surface area (Å²) in [5, 5.41) is 3.47. The van der Waals surface area contributed by atoms with Gasteiger partial charge in [0.2, 0.25) is 0 Å². The quantitative estimate of drug-likeness (QED) is 0.873. The van der Waals surface area contributed by atoms with Crippen LogP contribution in [-0.4, -0.2) is 56.6 Å². The van der Waals surface area contributed by atoms with Gasteiger partial charge in [0, 0.05) is 25.2 Å². The standard InChI is InChI=1S/C16H27N3/c1-13-7-5-6-8-15(13)16(17-2)12-19-10-9-14(11-19)18(3)4/h5-8,14,16-17H,9-12H2,1-4H3. The van der Waals surface area contributed by atoms with Gasteiger partial charge in [-0.05, 0) is 52.2 Å². The van der Waals surface area contributed by atoms with Crippen molar-refractivity contribution in [2.45, 2.75) is 25.4 Å². The molecule has 0 saturated carbocycles. The molecule has 0 bridgehead atoms. The Labute approximate surface area is 117 Å². The smallest absolute Gasteiger partial charge is 0.0449 e. The molecule has 1 aliphatic heterocycles. The summed E-state index contributed by atoms with van der Waals surface area (Å²) in [4.78, 5) is 4.93. The zero-order chi connectivity index (χ0) is 13.8. The van der Waals surface area contributed by atoms with Crippen molar-refractivity contribution in [1.82, 2.24) is 15.1 Å². The maximum atomic E-state index is 3.47. The molecule has 106 valence electrons. The third-order valence-corrected chi connectivity index (χ3v) is 4.33. The lowest BCUT2D eigenvalue weighted by Crippen LogP contribution is -2.36. The number of hydrogen-bond acceptors (Lipinski definition) is 3. The normalized spacial score (nSPS) is 22.1. The Morgan fingerprint density at radius 3 is 2.68 bits per heavy atom. The number of rotatable bonds is 5. The van der Waals surface area contributed by atoms with Crippen molar-refractivity contribution in [3.05, 3.63) is 35.4 Å². The minimum atomic E-state index is 0.433. The fourth-order valence-corrected chi connectivity index (χ4v) is 2.98. The van der Waals surface area contributed by atoms with Crippen LogP contribution in [0.15, 0.2) is 24.3 Å². The predicted molar refractivity (Wildman–Crippen MR) is 81.5 cm³/mol. The van der Waals surface area contributed by atoms with E-state index in [0.29, 0.717) is 6.04 Å². The van der Waals surface area contributed by atoms with Crippen molar-refractivity contribution in [3.8, 4) is 0 Å². The molecule has 1 fully saturated rings. The summed E-state index contributed by atoms with van der Waals surface area (Å²) in [6, 6.07) is 9.85. The second kappa shape index (κ2) is 6.51. The Balaban J connectivity index is 1.99. The van der Waals surface area contributed by atoms with Gasteiger partial charge in [0.25, 0.3) is 0 Å². The van der Waals surface area contributed by atoms with Crippen LogP contribution in [-0.2, 0) is 0 Å². The zero-order valence-electron chi connectivity index (χ0n) is 12.7. The van der Waals surface area contributed by atoms with Gasteiger partial charge in [-0.1, -0.05) is 24.3 Å². The maximum absolute atomic E-state index is 3.47. The van der Waals surface area contributed by atoms with Crippen LogP contribution in [0.4, 0.5) is 0 Å². The summed E-state index contributed by atoms with van der Waals surface area (Å²) in [5.41, 5.74) is 2.81. The minimum Gasteiger partial charge on any atom is -0.312 e. The molecule has 1 saturated heterocycles. The number of hydrogen-bond donors (Lipinski definition) is 1. The molecule has 19 heavy (non-hydrogen) atoms. The Morgan fingerprint density at radius 2 is 2.11 bits per heavy atom. The first-order valence-corrected chi connectivity index (χ1v) is 7.23. The summed E-state index contributed by atoms with van der Waals surface area (Å²) in [6.07, 6.45) is 1.29.